The van der Waals surface area contributed by atoms with Gasteiger partial charge in [0.25, 0.3) is 5.91 Å². The number of aromatic amines is 1. The van der Waals surface area contributed by atoms with Crippen LogP contribution in [0, 0.1) is 12.8 Å². The van der Waals surface area contributed by atoms with E-state index in [0.717, 1.165) is 23.4 Å². The smallest absolute Gasteiger partial charge is 0.253 e. The molecule has 0 spiro atoms. The second-order valence-corrected chi connectivity index (χ2v) is 6.17. The maximum atomic E-state index is 12.8. The number of imidazole rings is 1. The molecule has 0 radical (unpaired) electrons. The monoisotopic (exact) mass is 315 g/mol. The quantitative estimate of drug-likeness (QED) is 0.836. The highest BCUT2D eigenvalue weighted by molar-refractivity contribution is 5.97. The van der Waals surface area contributed by atoms with Gasteiger partial charge in [-0.25, -0.2) is 4.98 Å². The van der Waals surface area contributed by atoms with Crippen molar-refractivity contribution in [3.05, 3.63) is 29.6 Å². The summed E-state index contributed by atoms with van der Waals surface area (Å²) in [5.41, 5.74) is 7.73. The Morgan fingerprint density at radius 3 is 2.83 bits per heavy atom. The van der Waals surface area contributed by atoms with Crippen LogP contribution in [0.25, 0.3) is 11.0 Å². The van der Waals surface area contributed by atoms with Crippen LogP contribution in [0.2, 0.25) is 0 Å². The SMILES string of the molecule is Cc1nc2ccc(C(=O)N3CCN(C)C[C@@H](C(N)=O)C3)cc2[nH]1. The van der Waals surface area contributed by atoms with Crippen molar-refractivity contribution in [2.75, 3.05) is 33.2 Å². The second-order valence-electron chi connectivity index (χ2n) is 6.17. The predicted octanol–water partition coefficient (Wildman–Crippen LogP) is 0.360. The van der Waals surface area contributed by atoms with Crippen LogP contribution in [0.4, 0.5) is 0 Å². The number of nitrogens with two attached hydrogens (primary N) is 1. The van der Waals surface area contributed by atoms with Gasteiger partial charge in [0.1, 0.15) is 5.82 Å². The third-order valence-corrected chi connectivity index (χ3v) is 4.26. The number of benzene rings is 1. The average Bonchev–Trinajstić information content (AvgIpc) is 2.75. The van der Waals surface area contributed by atoms with Crippen molar-refractivity contribution >= 4 is 22.8 Å². The first-order chi connectivity index (χ1) is 10.9. The Morgan fingerprint density at radius 1 is 1.30 bits per heavy atom. The number of aromatic nitrogens is 2. The number of nitrogens with zero attached hydrogens (tertiary/aromatic N) is 3. The number of amides is 2. The van der Waals surface area contributed by atoms with E-state index >= 15 is 0 Å². The number of primary amides is 1. The normalized spacial score (nSPS) is 19.7. The number of H-pyrrole nitrogens is 1. The summed E-state index contributed by atoms with van der Waals surface area (Å²) < 4.78 is 0. The third-order valence-electron chi connectivity index (χ3n) is 4.26. The second kappa shape index (κ2) is 6.00. The van der Waals surface area contributed by atoms with E-state index in [0.29, 0.717) is 25.2 Å². The van der Waals surface area contributed by atoms with E-state index in [1.165, 1.54) is 0 Å². The molecular formula is C16H21N5O2. The van der Waals surface area contributed by atoms with E-state index < -0.39 is 0 Å². The molecule has 2 amide bonds. The molecule has 3 N–H and O–H groups in total. The highest BCUT2D eigenvalue weighted by atomic mass is 16.2. The molecule has 1 atom stereocenters. The molecule has 7 heteroatoms. The van der Waals surface area contributed by atoms with E-state index in [2.05, 4.69) is 9.97 Å². The molecule has 1 saturated heterocycles. The number of hydrogen-bond donors (Lipinski definition) is 2. The van der Waals surface area contributed by atoms with Gasteiger partial charge in [-0.3, -0.25) is 9.59 Å². The van der Waals surface area contributed by atoms with Crippen molar-refractivity contribution in [3.63, 3.8) is 0 Å². The van der Waals surface area contributed by atoms with Crippen LogP contribution in [0.15, 0.2) is 18.2 Å². The molecule has 23 heavy (non-hydrogen) atoms. The molecule has 2 heterocycles. The molecule has 1 aromatic carbocycles. The minimum Gasteiger partial charge on any atom is -0.369 e. The van der Waals surface area contributed by atoms with Gasteiger partial charge in [-0.15, -0.1) is 0 Å². The molecule has 0 aliphatic carbocycles. The lowest BCUT2D eigenvalue weighted by atomic mass is 10.1. The first-order valence-electron chi connectivity index (χ1n) is 7.67. The van der Waals surface area contributed by atoms with Crippen molar-refractivity contribution < 1.29 is 9.59 Å². The Bertz CT molecular complexity index is 754. The molecule has 1 aliphatic heterocycles. The maximum Gasteiger partial charge on any atom is 0.253 e. The zero-order valence-electron chi connectivity index (χ0n) is 13.4. The van der Waals surface area contributed by atoms with Crippen LogP contribution >= 0.6 is 0 Å². The van der Waals surface area contributed by atoms with E-state index in [9.17, 15) is 9.59 Å². The molecular weight excluding hydrogens is 294 g/mol. The molecule has 2 aromatic rings. The molecule has 0 bridgehead atoms. The summed E-state index contributed by atoms with van der Waals surface area (Å²) in [5, 5.41) is 0. The summed E-state index contributed by atoms with van der Waals surface area (Å²) in [4.78, 5) is 35.6. The molecule has 0 unspecified atom stereocenters. The lowest BCUT2D eigenvalue weighted by molar-refractivity contribution is -0.122. The standard InChI is InChI=1S/C16H21N5O2/c1-10-18-13-4-3-11(7-14(13)19-10)16(23)21-6-5-20(2)8-12(9-21)15(17)22/h3-4,7,12H,5-6,8-9H2,1-2H3,(H2,17,22)(H,18,19)/t12-/m1/s1. The van der Waals surface area contributed by atoms with Crippen LogP contribution < -0.4 is 5.73 Å². The average molecular weight is 315 g/mol. The number of carbonyl (C=O) groups excluding carboxylic acids is 2. The topological polar surface area (TPSA) is 95.3 Å². The van der Waals surface area contributed by atoms with Gasteiger partial charge in [0.05, 0.1) is 17.0 Å². The lowest BCUT2D eigenvalue weighted by Crippen LogP contribution is -2.40. The van der Waals surface area contributed by atoms with Gasteiger partial charge in [0.2, 0.25) is 5.91 Å². The Labute approximate surface area is 134 Å². The van der Waals surface area contributed by atoms with Crippen molar-refractivity contribution in [1.82, 2.24) is 19.8 Å². The van der Waals surface area contributed by atoms with Crippen LogP contribution in [-0.4, -0.2) is 64.8 Å². The molecule has 0 saturated carbocycles. The first-order valence-corrected chi connectivity index (χ1v) is 7.67. The summed E-state index contributed by atoms with van der Waals surface area (Å²) in [6.45, 7) is 4.13. The fraction of sp³-hybridized carbons (Fsp3) is 0.438. The minimum atomic E-state index is -0.365. The highest BCUT2D eigenvalue weighted by Gasteiger charge is 2.28. The van der Waals surface area contributed by atoms with Gasteiger partial charge in [0, 0.05) is 31.7 Å². The number of hydrogen-bond acceptors (Lipinski definition) is 4. The summed E-state index contributed by atoms with van der Waals surface area (Å²) in [5.74, 6) is 0.0243. The number of rotatable bonds is 2. The van der Waals surface area contributed by atoms with Gasteiger partial charge in [0.15, 0.2) is 0 Å². The zero-order valence-corrected chi connectivity index (χ0v) is 13.4. The summed E-state index contributed by atoms with van der Waals surface area (Å²) in [7, 11) is 1.93. The van der Waals surface area contributed by atoms with Crippen LogP contribution in [-0.2, 0) is 4.79 Å². The maximum absolute atomic E-state index is 12.8. The van der Waals surface area contributed by atoms with Crippen molar-refractivity contribution in [1.29, 1.82) is 0 Å². The van der Waals surface area contributed by atoms with Crippen molar-refractivity contribution in [2.45, 2.75) is 6.92 Å². The fourth-order valence-electron chi connectivity index (χ4n) is 2.99. The van der Waals surface area contributed by atoms with E-state index in [1.54, 1.807) is 11.0 Å². The van der Waals surface area contributed by atoms with E-state index in [-0.39, 0.29) is 17.7 Å². The summed E-state index contributed by atoms with van der Waals surface area (Å²) in [6.07, 6.45) is 0. The Morgan fingerprint density at radius 2 is 2.09 bits per heavy atom. The van der Waals surface area contributed by atoms with Gasteiger partial charge in [-0.05, 0) is 32.2 Å². The third kappa shape index (κ3) is 3.19. The van der Waals surface area contributed by atoms with Crippen LogP contribution in [0.3, 0.4) is 0 Å². The minimum absolute atomic E-state index is 0.0827. The summed E-state index contributed by atoms with van der Waals surface area (Å²) >= 11 is 0. The van der Waals surface area contributed by atoms with Crippen LogP contribution in [0.1, 0.15) is 16.2 Å². The summed E-state index contributed by atoms with van der Waals surface area (Å²) in [6, 6.07) is 5.42. The fourth-order valence-corrected chi connectivity index (χ4v) is 2.99. The Hall–Kier alpha value is -2.41. The van der Waals surface area contributed by atoms with E-state index in [1.807, 2.05) is 31.0 Å². The first kappa shape index (κ1) is 15.5. The Balaban J connectivity index is 1.85. The van der Waals surface area contributed by atoms with Gasteiger partial charge >= 0.3 is 0 Å². The molecule has 1 aromatic heterocycles. The molecule has 122 valence electrons. The predicted molar refractivity (Wildman–Crippen MR) is 86.9 cm³/mol. The van der Waals surface area contributed by atoms with Crippen molar-refractivity contribution in [2.24, 2.45) is 11.7 Å². The van der Waals surface area contributed by atoms with Crippen molar-refractivity contribution in [3.8, 4) is 0 Å². The molecule has 1 fully saturated rings. The highest BCUT2D eigenvalue weighted by Crippen LogP contribution is 2.17. The number of aryl methyl sites for hydroxylation is 1. The number of carbonyl (C=O) groups is 2. The number of fused-ring (bicyclic) bond motifs is 1. The van der Waals surface area contributed by atoms with Gasteiger partial charge < -0.3 is 20.5 Å². The Kier molecular flexibility index (Phi) is 4.04. The van der Waals surface area contributed by atoms with Gasteiger partial charge in [-0.1, -0.05) is 0 Å². The molecule has 1 aliphatic rings. The zero-order chi connectivity index (χ0) is 16.6. The van der Waals surface area contributed by atoms with Crippen LogP contribution in [0.5, 0.6) is 0 Å². The molecule has 7 nitrogen and oxygen atoms in total. The lowest BCUT2D eigenvalue weighted by Gasteiger charge is -2.22. The largest absolute Gasteiger partial charge is 0.369 e. The van der Waals surface area contributed by atoms with Gasteiger partial charge in [-0.2, -0.15) is 0 Å². The number of nitrogens with one attached hydrogen (secondary N) is 1. The van der Waals surface area contributed by atoms with E-state index in [4.69, 9.17) is 5.73 Å². The number of likely N-dealkylation sites (N-methyl/N-ethyl adjacent to an activating group) is 1. The molecule has 3 rings (SSSR count).